The van der Waals surface area contributed by atoms with E-state index in [4.69, 9.17) is 0 Å². The fraction of sp³-hybridized carbons (Fsp3) is 0.421. The summed E-state index contributed by atoms with van der Waals surface area (Å²) in [5.74, 6) is -2.77. The van der Waals surface area contributed by atoms with Crippen LogP contribution in [0.5, 0.6) is 0 Å². The first-order valence-corrected chi connectivity index (χ1v) is 8.53. The molecule has 25 heavy (non-hydrogen) atoms. The summed E-state index contributed by atoms with van der Waals surface area (Å²) in [5.41, 5.74) is 1.84. The lowest BCUT2D eigenvalue weighted by Gasteiger charge is -2.24. The van der Waals surface area contributed by atoms with Crippen molar-refractivity contribution in [2.75, 3.05) is 11.9 Å². The lowest BCUT2D eigenvalue weighted by Crippen LogP contribution is -2.36. The van der Waals surface area contributed by atoms with Gasteiger partial charge < -0.3 is 15.7 Å². The first-order valence-electron chi connectivity index (χ1n) is 8.53. The van der Waals surface area contributed by atoms with Gasteiger partial charge >= 0.3 is 5.97 Å². The number of allylic oxidation sites excluding steroid dienone is 2. The molecule has 1 aromatic carbocycles. The molecule has 0 heterocycles. The molecule has 1 saturated carbocycles. The Bertz CT molecular complexity index is 756. The summed E-state index contributed by atoms with van der Waals surface area (Å²) >= 11 is 0. The van der Waals surface area contributed by atoms with E-state index in [-0.39, 0.29) is 23.7 Å². The molecule has 2 amide bonds. The van der Waals surface area contributed by atoms with Gasteiger partial charge in [0.25, 0.3) is 5.91 Å². The van der Waals surface area contributed by atoms with E-state index in [0.717, 1.165) is 5.56 Å². The highest BCUT2D eigenvalue weighted by atomic mass is 16.4. The molecule has 1 fully saturated rings. The van der Waals surface area contributed by atoms with Crippen molar-refractivity contribution in [3.05, 3.63) is 41.5 Å². The van der Waals surface area contributed by atoms with Crippen molar-refractivity contribution in [2.24, 2.45) is 23.7 Å². The molecule has 6 nitrogen and oxygen atoms in total. The SMILES string of the molecule is CCNC(=O)c1ccc(C)c(NC(=O)[C@H]2[C@@H](C(=O)O)[C@H]3C=C[C@H]2C3)c1. The summed E-state index contributed by atoms with van der Waals surface area (Å²) in [7, 11) is 0. The number of carbonyl (C=O) groups excluding carboxylic acids is 2. The predicted molar refractivity (Wildman–Crippen MR) is 93.2 cm³/mol. The monoisotopic (exact) mass is 342 g/mol. The predicted octanol–water partition coefficient (Wildman–Crippen LogP) is 2.21. The number of hydrogen-bond donors (Lipinski definition) is 3. The number of fused-ring (bicyclic) bond motifs is 2. The Morgan fingerprint density at radius 1 is 1.16 bits per heavy atom. The van der Waals surface area contributed by atoms with Gasteiger partial charge in [-0.1, -0.05) is 18.2 Å². The van der Waals surface area contributed by atoms with Crippen molar-refractivity contribution in [1.82, 2.24) is 5.32 Å². The first-order chi connectivity index (χ1) is 11.9. The highest BCUT2D eigenvalue weighted by Gasteiger charge is 2.51. The molecular weight excluding hydrogens is 320 g/mol. The Labute approximate surface area is 146 Å². The molecule has 2 bridgehead atoms. The van der Waals surface area contributed by atoms with Crippen molar-refractivity contribution in [3.63, 3.8) is 0 Å². The third-order valence-electron chi connectivity index (χ3n) is 5.14. The number of rotatable bonds is 5. The maximum Gasteiger partial charge on any atom is 0.307 e. The molecule has 4 atom stereocenters. The number of carboxylic acids is 1. The Hall–Kier alpha value is -2.63. The molecule has 0 saturated heterocycles. The Kier molecular flexibility index (Phi) is 4.61. The van der Waals surface area contributed by atoms with Crippen LogP contribution in [-0.4, -0.2) is 29.4 Å². The van der Waals surface area contributed by atoms with Crippen molar-refractivity contribution in [3.8, 4) is 0 Å². The van der Waals surface area contributed by atoms with Gasteiger partial charge in [0.15, 0.2) is 0 Å². The number of carboxylic acid groups (broad SMARTS) is 1. The van der Waals surface area contributed by atoms with Crippen LogP contribution in [0.25, 0.3) is 0 Å². The molecule has 1 aromatic rings. The van der Waals surface area contributed by atoms with Crippen molar-refractivity contribution >= 4 is 23.5 Å². The van der Waals surface area contributed by atoms with Crippen LogP contribution in [0.2, 0.25) is 0 Å². The number of anilines is 1. The summed E-state index contributed by atoms with van der Waals surface area (Å²) in [4.78, 5) is 36.3. The van der Waals surface area contributed by atoms with Gasteiger partial charge in [-0.2, -0.15) is 0 Å². The normalized spacial score (nSPS) is 26.5. The molecule has 2 aliphatic carbocycles. The summed E-state index contributed by atoms with van der Waals surface area (Å²) in [6.07, 6.45) is 4.58. The van der Waals surface area contributed by atoms with Crippen molar-refractivity contribution in [2.45, 2.75) is 20.3 Å². The van der Waals surface area contributed by atoms with Crippen molar-refractivity contribution < 1.29 is 19.5 Å². The zero-order valence-electron chi connectivity index (χ0n) is 14.3. The maximum absolute atomic E-state index is 12.8. The third-order valence-corrected chi connectivity index (χ3v) is 5.14. The molecule has 3 rings (SSSR count). The van der Waals surface area contributed by atoms with E-state index in [2.05, 4.69) is 10.6 Å². The van der Waals surface area contributed by atoms with Crippen LogP contribution in [0.3, 0.4) is 0 Å². The van der Waals surface area contributed by atoms with Crippen LogP contribution in [0.1, 0.15) is 29.3 Å². The molecular formula is C19H22N2O4. The zero-order valence-corrected chi connectivity index (χ0v) is 14.3. The Morgan fingerprint density at radius 2 is 1.84 bits per heavy atom. The number of benzene rings is 1. The minimum Gasteiger partial charge on any atom is -0.481 e. The number of aryl methyl sites for hydroxylation is 1. The minimum absolute atomic E-state index is 0.0296. The summed E-state index contributed by atoms with van der Waals surface area (Å²) in [6, 6.07) is 5.11. The second-order valence-electron chi connectivity index (χ2n) is 6.72. The van der Waals surface area contributed by atoms with Crippen LogP contribution >= 0.6 is 0 Å². The number of carbonyl (C=O) groups is 3. The molecule has 0 unspecified atom stereocenters. The smallest absolute Gasteiger partial charge is 0.307 e. The Morgan fingerprint density at radius 3 is 2.48 bits per heavy atom. The van der Waals surface area contributed by atoms with Gasteiger partial charge in [-0.05, 0) is 49.8 Å². The van der Waals surface area contributed by atoms with Gasteiger partial charge in [0.05, 0.1) is 11.8 Å². The van der Waals surface area contributed by atoms with Crippen LogP contribution in [0, 0.1) is 30.6 Å². The van der Waals surface area contributed by atoms with E-state index in [9.17, 15) is 19.5 Å². The van der Waals surface area contributed by atoms with Crippen LogP contribution in [0.15, 0.2) is 30.4 Å². The largest absolute Gasteiger partial charge is 0.481 e. The second kappa shape index (κ2) is 6.70. The molecule has 0 aromatic heterocycles. The average molecular weight is 342 g/mol. The highest BCUT2D eigenvalue weighted by Crippen LogP contribution is 2.48. The summed E-state index contributed by atoms with van der Waals surface area (Å²) < 4.78 is 0. The Balaban J connectivity index is 1.81. The van der Waals surface area contributed by atoms with Crippen LogP contribution in [-0.2, 0) is 9.59 Å². The standard InChI is InChI=1S/C19H22N2O4/c1-3-20-17(22)13-5-4-10(2)14(9-13)21-18(23)15-11-6-7-12(8-11)16(15)19(24)25/h4-7,9,11-12,15-16H,3,8H2,1-2H3,(H,20,22)(H,21,23)(H,24,25)/t11-,12-,15+,16-/m0/s1. The number of amides is 2. The number of nitrogens with one attached hydrogen (secondary N) is 2. The van der Waals surface area contributed by atoms with Gasteiger partial charge in [-0.3, -0.25) is 14.4 Å². The van der Waals surface area contributed by atoms with Gasteiger partial charge in [-0.25, -0.2) is 0 Å². The maximum atomic E-state index is 12.8. The lowest BCUT2D eigenvalue weighted by molar-refractivity contribution is -0.146. The fourth-order valence-electron chi connectivity index (χ4n) is 3.89. The molecule has 132 valence electrons. The van der Waals surface area contributed by atoms with E-state index >= 15 is 0 Å². The molecule has 0 aliphatic heterocycles. The highest BCUT2D eigenvalue weighted by molar-refractivity contribution is 5.99. The molecule has 6 heteroatoms. The van der Waals surface area contributed by atoms with E-state index in [1.807, 2.05) is 26.0 Å². The van der Waals surface area contributed by atoms with E-state index in [1.165, 1.54) is 0 Å². The third kappa shape index (κ3) is 3.16. The lowest BCUT2D eigenvalue weighted by atomic mass is 9.82. The summed E-state index contributed by atoms with van der Waals surface area (Å²) in [5, 5.41) is 15.0. The first kappa shape index (κ1) is 17.2. The quantitative estimate of drug-likeness (QED) is 0.715. The summed E-state index contributed by atoms with van der Waals surface area (Å²) in [6.45, 7) is 4.20. The van der Waals surface area contributed by atoms with Gasteiger partial charge in [0.1, 0.15) is 0 Å². The fourth-order valence-corrected chi connectivity index (χ4v) is 3.89. The van der Waals surface area contributed by atoms with Gasteiger partial charge in [0.2, 0.25) is 5.91 Å². The number of hydrogen-bond acceptors (Lipinski definition) is 3. The second-order valence-corrected chi connectivity index (χ2v) is 6.72. The van der Waals surface area contributed by atoms with E-state index in [1.54, 1.807) is 18.2 Å². The van der Waals surface area contributed by atoms with Crippen LogP contribution < -0.4 is 10.6 Å². The minimum atomic E-state index is -0.926. The topological polar surface area (TPSA) is 95.5 Å². The molecule has 0 spiro atoms. The van der Waals surface area contributed by atoms with Crippen LogP contribution in [0.4, 0.5) is 5.69 Å². The van der Waals surface area contributed by atoms with E-state index in [0.29, 0.717) is 24.2 Å². The molecule has 0 radical (unpaired) electrons. The molecule has 3 N–H and O–H groups in total. The van der Waals surface area contributed by atoms with Crippen molar-refractivity contribution in [1.29, 1.82) is 0 Å². The van der Waals surface area contributed by atoms with Gasteiger partial charge in [-0.15, -0.1) is 0 Å². The van der Waals surface area contributed by atoms with E-state index < -0.39 is 17.8 Å². The zero-order chi connectivity index (χ0) is 18.1. The average Bonchev–Trinajstić information content (AvgIpc) is 3.18. The van der Waals surface area contributed by atoms with Gasteiger partial charge in [0, 0.05) is 17.8 Å². The number of aliphatic carboxylic acids is 1. The molecule has 2 aliphatic rings.